The molecule has 2 N–H and O–H groups in total. The second-order valence-corrected chi connectivity index (χ2v) is 6.21. The Morgan fingerprint density at radius 1 is 1.21 bits per heavy atom. The van der Waals surface area contributed by atoms with Gasteiger partial charge >= 0.3 is 6.18 Å². The summed E-state index contributed by atoms with van der Waals surface area (Å²) in [6.45, 7) is -0.341. The minimum atomic E-state index is -4.44. The minimum absolute atomic E-state index is 0.114. The monoisotopic (exact) mass is 342 g/mol. The van der Waals surface area contributed by atoms with E-state index in [4.69, 9.17) is 0 Å². The highest BCUT2D eigenvalue weighted by Crippen LogP contribution is 2.40. The number of hydrogen-bond acceptors (Lipinski definition) is 3. The molecule has 1 saturated carbocycles. The van der Waals surface area contributed by atoms with E-state index in [1.54, 1.807) is 0 Å². The first-order valence-corrected chi connectivity index (χ1v) is 7.70. The number of rotatable bonds is 3. The van der Waals surface area contributed by atoms with Gasteiger partial charge in [-0.15, -0.1) is 0 Å². The summed E-state index contributed by atoms with van der Waals surface area (Å²) in [4.78, 5) is 25.5. The summed E-state index contributed by atoms with van der Waals surface area (Å²) in [5.74, 6) is -1.43. The Bertz CT molecular complexity index is 656. The third-order valence-corrected chi connectivity index (χ3v) is 4.74. The van der Waals surface area contributed by atoms with E-state index in [-0.39, 0.29) is 19.0 Å². The lowest BCUT2D eigenvalue weighted by Gasteiger charge is -2.49. The van der Waals surface area contributed by atoms with E-state index >= 15 is 0 Å². The fourth-order valence-corrected chi connectivity index (χ4v) is 3.10. The van der Waals surface area contributed by atoms with Crippen LogP contribution in [0.25, 0.3) is 0 Å². The van der Waals surface area contributed by atoms with Crippen LogP contribution in [0.5, 0.6) is 0 Å². The van der Waals surface area contributed by atoms with Crippen molar-refractivity contribution in [3.05, 3.63) is 35.4 Å². The average molecular weight is 342 g/mol. The van der Waals surface area contributed by atoms with E-state index in [1.165, 1.54) is 12.1 Å². The van der Waals surface area contributed by atoms with Crippen molar-refractivity contribution in [3.63, 3.8) is 0 Å². The number of benzene rings is 1. The molecule has 1 aromatic carbocycles. The van der Waals surface area contributed by atoms with Gasteiger partial charge in [-0.25, -0.2) is 0 Å². The normalized spacial score (nSPS) is 25.4. The van der Waals surface area contributed by atoms with Crippen LogP contribution in [0.2, 0.25) is 0 Å². The topological polar surface area (TPSA) is 69.6 Å². The van der Waals surface area contributed by atoms with Gasteiger partial charge in [0.15, 0.2) is 0 Å². The number of carbonyl (C=O) groups is 2. The molecular formula is C16H17F3N2O3. The van der Waals surface area contributed by atoms with Gasteiger partial charge in [0.1, 0.15) is 0 Å². The first-order chi connectivity index (χ1) is 11.2. The quantitative estimate of drug-likeness (QED) is 0.878. The molecule has 3 rings (SSSR count). The molecule has 1 aliphatic carbocycles. The van der Waals surface area contributed by atoms with E-state index in [9.17, 15) is 27.9 Å². The number of alkyl halides is 3. The van der Waals surface area contributed by atoms with Gasteiger partial charge < -0.3 is 15.3 Å². The van der Waals surface area contributed by atoms with Gasteiger partial charge in [0.05, 0.1) is 12.1 Å². The number of halogens is 3. The van der Waals surface area contributed by atoms with Crippen molar-refractivity contribution >= 4 is 11.8 Å². The Balaban J connectivity index is 1.85. The van der Waals surface area contributed by atoms with Gasteiger partial charge in [0.25, 0.3) is 5.91 Å². The lowest BCUT2D eigenvalue weighted by Crippen LogP contribution is -2.70. The fourth-order valence-electron chi connectivity index (χ4n) is 3.10. The standard InChI is InChI=1S/C16H17F3N2O3/c17-16(18,19)12-6-4-10(5-7-12)9-21-13(22)8-20-14(23)15(21,24)11-2-1-3-11/h4-7,11,24H,1-3,8-9H2,(H,20,23)/t15-/m0/s1. The third kappa shape index (κ3) is 2.75. The predicted octanol–water partition coefficient (Wildman–Crippen LogP) is 1.65. The van der Waals surface area contributed by atoms with Gasteiger partial charge in [-0.05, 0) is 30.5 Å². The zero-order valence-corrected chi connectivity index (χ0v) is 12.8. The first kappa shape index (κ1) is 16.8. The van der Waals surface area contributed by atoms with Crippen LogP contribution in [0.15, 0.2) is 24.3 Å². The van der Waals surface area contributed by atoms with E-state index in [0.29, 0.717) is 18.4 Å². The molecule has 1 aliphatic heterocycles. The number of aliphatic hydroxyl groups is 1. The number of amides is 2. The average Bonchev–Trinajstić information content (AvgIpc) is 2.46. The van der Waals surface area contributed by atoms with Crippen LogP contribution in [0.3, 0.4) is 0 Å². The molecule has 0 aromatic heterocycles. The molecule has 1 atom stereocenters. The Labute approximate surface area is 136 Å². The predicted molar refractivity (Wildman–Crippen MR) is 77.3 cm³/mol. The third-order valence-electron chi connectivity index (χ3n) is 4.74. The zero-order chi connectivity index (χ0) is 17.5. The van der Waals surface area contributed by atoms with Crippen LogP contribution < -0.4 is 5.32 Å². The van der Waals surface area contributed by atoms with Crippen molar-refractivity contribution < 1.29 is 27.9 Å². The molecule has 0 bridgehead atoms. The second-order valence-electron chi connectivity index (χ2n) is 6.21. The molecule has 8 heteroatoms. The SMILES string of the molecule is O=C1CNC(=O)[C@@](O)(C2CCC2)N1Cc1ccc(C(F)(F)F)cc1. The van der Waals surface area contributed by atoms with Crippen molar-refractivity contribution in [2.45, 2.75) is 37.7 Å². The molecule has 24 heavy (non-hydrogen) atoms. The molecular weight excluding hydrogens is 325 g/mol. The molecule has 1 heterocycles. The lowest BCUT2D eigenvalue weighted by molar-refractivity contribution is -0.202. The number of piperazine rings is 1. The van der Waals surface area contributed by atoms with Crippen LogP contribution in [0.4, 0.5) is 13.2 Å². The van der Waals surface area contributed by atoms with Crippen LogP contribution in [0.1, 0.15) is 30.4 Å². The van der Waals surface area contributed by atoms with Crippen molar-refractivity contribution in [3.8, 4) is 0 Å². The molecule has 130 valence electrons. The molecule has 0 spiro atoms. The van der Waals surface area contributed by atoms with Crippen LogP contribution in [-0.4, -0.2) is 34.1 Å². The first-order valence-electron chi connectivity index (χ1n) is 7.70. The van der Waals surface area contributed by atoms with Crippen molar-refractivity contribution in [2.75, 3.05) is 6.54 Å². The largest absolute Gasteiger partial charge is 0.416 e. The van der Waals surface area contributed by atoms with Gasteiger partial charge in [0.2, 0.25) is 11.6 Å². The van der Waals surface area contributed by atoms with Gasteiger partial charge in [-0.1, -0.05) is 18.6 Å². The highest BCUT2D eigenvalue weighted by molar-refractivity contribution is 5.97. The highest BCUT2D eigenvalue weighted by Gasteiger charge is 2.55. The molecule has 1 aromatic rings. The summed E-state index contributed by atoms with van der Waals surface area (Å²) in [7, 11) is 0. The van der Waals surface area contributed by atoms with Crippen molar-refractivity contribution in [2.24, 2.45) is 5.92 Å². The second kappa shape index (κ2) is 5.77. The molecule has 0 radical (unpaired) electrons. The summed E-state index contributed by atoms with van der Waals surface area (Å²) < 4.78 is 37.8. The molecule has 2 amide bonds. The smallest absolute Gasteiger partial charge is 0.363 e. The molecule has 1 saturated heterocycles. The summed E-state index contributed by atoms with van der Waals surface area (Å²) >= 11 is 0. The maximum atomic E-state index is 12.6. The minimum Gasteiger partial charge on any atom is -0.363 e. The highest BCUT2D eigenvalue weighted by atomic mass is 19.4. The van der Waals surface area contributed by atoms with E-state index in [0.717, 1.165) is 23.5 Å². The van der Waals surface area contributed by atoms with Crippen LogP contribution in [0, 0.1) is 5.92 Å². The maximum absolute atomic E-state index is 12.6. The molecule has 2 aliphatic rings. The van der Waals surface area contributed by atoms with Crippen LogP contribution in [-0.2, 0) is 22.3 Å². The maximum Gasteiger partial charge on any atom is 0.416 e. The molecule has 0 unspecified atom stereocenters. The van der Waals surface area contributed by atoms with Gasteiger partial charge in [-0.3, -0.25) is 9.59 Å². The van der Waals surface area contributed by atoms with E-state index in [2.05, 4.69) is 5.32 Å². The Hall–Kier alpha value is -2.09. The Morgan fingerprint density at radius 2 is 1.83 bits per heavy atom. The van der Waals surface area contributed by atoms with Crippen molar-refractivity contribution in [1.82, 2.24) is 10.2 Å². The number of hydrogen-bond donors (Lipinski definition) is 2. The number of nitrogens with one attached hydrogen (secondary N) is 1. The number of carbonyl (C=O) groups excluding carboxylic acids is 2. The summed E-state index contributed by atoms with van der Waals surface area (Å²) in [5.41, 5.74) is -2.30. The van der Waals surface area contributed by atoms with E-state index in [1.807, 2.05) is 0 Å². The van der Waals surface area contributed by atoms with Crippen LogP contribution >= 0.6 is 0 Å². The lowest BCUT2D eigenvalue weighted by atomic mass is 9.75. The van der Waals surface area contributed by atoms with Gasteiger partial charge in [-0.2, -0.15) is 13.2 Å². The van der Waals surface area contributed by atoms with Gasteiger partial charge in [0, 0.05) is 12.5 Å². The van der Waals surface area contributed by atoms with Crippen molar-refractivity contribution in [1.29, 1.82) is 0 Å². The summed E-state index contributed by atoms with van der Waals surface area (Å²) in [6, 6.07) is 4.35. The Morgan fingerprint density at radius 3 is 2.33 bits per heavy atom. The van der Waals surface area contributed by atoms with E-state index < -0.39 is 29.3 Å². The summed E-state index contributed by atoms with van der Waals surface area (Å²) in [6.07, 6.45) is -2.32. The Kier molecular flexibility index (Phi) is 4.03. The molecule has 2 fully saturated rings. The summed E-state index contributed by atoms with van der Waals surface area (Å²) in [5, 5.41) is 13.2. The fraction of sp³-hybridized carbons (Fsp3) is 0.500. The molecule has 5 nitrogen and oxygen atoms in total. The zero-order valence-electron chi connectivity index (χ0n) is 12.8. The number of nitrogens with zero attached hydrogens (tertiary/aromatic N) is 1.